The van der Waals surface area contributed by atoms with Crippen molar-refractivity contribution in [2.75, 3.05) is 0 Å². The van der Waals surface area contributed by atoms with E-state index in [0.29, 0.717) is 29.4 Å². The van der Waals surface area contributed by atoms with E-state index in [1.165, 1.54) is 26.2 Å². The SMILES string of the molecule is C=C(OCc1ccc(C(=N/C(=C\C)C(F)(F)F)C(C)CC)c(C)c1)\C(C)=C/N=C(CCC)/C(C(=C)C1CC1)=C(\C)N=CCCC.CC.CC1CCC1. The molecule has 0 bridgehead atoms. The molecular formula is C45H68F3N3O. The summed E-state index contributed by atoms with van der Waals surface area (Å²) in [6, 6.07) is 5.64. The second kappa shape index (κ2) is 24.0. The highest BCUT2D eigenvalue weighted by Gasteiger charge is 2.34. The molecule has 7 heteroatoms. The number of unbranched alkanes of at least 4 members (excludes halogenated alkanes) is 1. The molecule has 1 aromatic carbocycles. The molecule has 3 rings (SSSR count). The largest absolute Gasteiger partial charge is 0.489 e. The fourth-order valence-corrected chi connectivity index (χ4v) is 5.45. The van der Waals surface area contributed by atoms with E-state index >= 15 is 0 Å². The fraction of sp³-hybridized carbons (Fsp3) is 0.578. The molecule has 0 aliphatic heterocycles. The molecule has 2 aliphatic rings. The maximum absolute atomic E-state index is 13.5. The van der Waals surface area contributed by atoms with Crippen LogP contribution in [0.2, 0.25) is 0 Å². The molecule has 2 fully saturated rings. The van der Waals surface area contributed by atoms with Gasteiger partial charge in [-0.25, -0.2) is 4.99 Å². The van der Waals surface area contributed by atoms with Crippen LogP contribution < -0.4 is 0 Å². The number of halogens is 3. The lowest BCUT2D eigenvalue weighted by Gasteiger charge is -2.18. The van der Waals surface area contributed by atoms with Crippen molar-refractivity contribution in [2.24, 2.45) is 32.7 Å². The number of alkyl halides is 3. The van der Waals surface area contributed by atoms with Gasteiger partial charge in [0.15, 0.2) is 0 Å². The lowest BCUT2D eigenvalue weighted by Crippen LogP contribution is -2.18. The normalized spacial score (nSPS) is 17.0. The highest BCUT2D eigenvalue weighted by atomic mass is 19.4. The fourth-order valence-electron chi connectivity index (χ4n) is 5.45. The van der Waals surface area contributed by atoms with Gasteiger partial charge in [-0.05, 0) is 99.8 Å². The summed E-state index contributed by atoms with van der Waals surface area (Å²) in [6.45, 7) is 30.5. The van der Waals surface area contributed by atoms with Crippen molar-refractivity contribution in [3.05, 3.63) is 94.2 Å². The van der Waals surface area contributed by atoms with Gasteiger partial charge in [0.05, 0.1) is 5.71 Å². The molecule has 290 valence electrons. The van der Waals surface area contributed by atoms with Crippen LogP contribution in [-0.4, -0.2) is 23.8 Å². The number of nitrogens with zero attached hydrogens (tertiary/aromatic N) is 3. The molecule has 1 unspecified atom stereocenters. The van der Waals surface area contributed by atoms with E-state index < -0.39 is 11.9 Å². The highest BCUT2D eigenvalue weighted by Crippen LogP contribution is 2.41. The van der Waals surface area contributed by atoms with E-state index in [0.717, 1.165) is 89.8 Å². The zero-order valence-electron chi connectivity index (χ0n) is 34.3. The number of benzene rings is 1. The second-order valence-electron chi connectivity index (χ2n) is 13.9. The number of ether oxygens (including phenoxy) is 1. The van der Waals surface area contributed by atoms with Gasteiger partial charge >= 0.3 is 6.18 Å². The first-order valence-corrected chi connectivity index (χ1v) is 19.6. The van der Waals surface area contributed by atoms with Crippen molar-refractivity contribution >= 4 is 17.6 Å². The van der Waals surface area contributed by atoms with E-state index in [2.05, 4.69) is 38.9 Å². The standard InChI is InChI=1S/C38H52F3N3O.C5H10.C2H6/c1-11-15-21-42-29(9)36(28(8)32-18-19-32)34(16-12-2)43-23-27(7)30(10)45-24-31-17-20-33(26(6)22-31)37(25(5)13-3)44-35(14-4)38(39,40)41;1-5-3-2-4-5;1-2/h14,17,20-23,25,32H,8,10-13,15-16,18-19,24H2,1-7,9H3;5H,2-4H2,1H3;1-2H3/b27-23-,35-14-,36-29+,42-21?,43-34+,44-37?;;. The highest BCUT2D eigenvalue weighted by molar-refractivity contribution is 6.05. The van der Waals surface area contributed by atoms with Crippen LogP contribution in [0.15, 0.2) is 92.5 Å². The van der Waals surface area contributed by atoms with Gasteiger partial charge in [0, 0.05) is 35.0 Å². The van der Waals surface area contributed by atoms with Gasteiger partial charge in [-0.3, -0.25) is 9.98 Å². The molecule has 1 aromatic rings. The first-order valence-electron chi connectivity index (χ1n) is 19.6. The number of hydrogen-bond acceptors (Lipinski definition) is 4. The second-order valence-corrected chi connectivity index (χ2v) is 13.9. The Labute approximate surface area is 315 Å². The van der Waals surface area contributed by atoms with E-state index in [1.807, 2.05) is 72.9 Å². The third-order valence-corrected chi connectivity index (χ3v) is 9.34. The summed E-state index contributed by atoms with van der Waals surface area (Å²) < 4.78 is 46.5. The lowest BCUT2D eigenvalue weighted by atomic mass is 9.88. The summed E-state index contributed by atoms with van der Waals surface area (Å²) in [4.78, 5) is 13.7. The topological polar surface area (TPSA) is 46.3 Å². The Morgan fingerprint density at radius 2 is 1.67 bits per heavy atom. The van der Waals surface area contributed by atoms with Crippen LogP contribution in [0, 0.1) is 24.7 Å². The van der Waals surface area contributed by atoms with E-state index in [-0.39, 0.29) is 12.5 Å². The van der Waals surface area contributed by atoms with Crippen LogP contribution >= 0.6 is 0 Å². The maximum atomic E-state index is 13.5. The number of rotatable bonds is 17. The summed E-state index contributed by atoms with van der Waals surface area (Å²) in [7, 11) is 0. The zero-order valence-corrected chi connectivity index (χ0v) is 34.3. The molecule has 2 aliphatic carbocycles. The Morgan fingerprint density at radius 3 is 2.13 bits per heavy atom. The summed E-state index contributed by atoms with van der Waals surface area (Å²) in [5, 5.41) is 0. The molecule has 4 nitrogen and oxygen atoms in total. The quantitative estimate of drug-likeness (QED) is 0.0896. The van der Waals surface area contributed by atoms with Crippen LogP contribution in [0.5, 0.6) is 0 Å². The van der Waals surface area contributed by atoms with Crippen LogP contribution in [0.1, 0.15) is 150 Å². The molecule has 0 N–H and O–H groups in total. The first kappa shape index (κ1) is 46.5. The molecular weight excluding hydrogens is 656 g/mol. The minimum Gasteiger partial charge on any atom is -0.489 e. The number of allylic oxidation sites excluding steroid dienone is 6. The monoisotopic (exact) mass is 724 g/mol. The van der Waals surface area contributed by atoms with Crippen LogP contribution in [0.25, 0.3) is 0 Å². The maximum Gasteiger partial charge on any atom is 0.433 e. The molecule has 0 heterocycles. The number of aliphatic imine (C=N–C) groups is 3. The predicted molar refractivity (Wildman–Crippen MR) is 219 cm³/mol. The van der Waals surface area contributed by atoms with Gasteiger partial charge in [0.25, 0.3) is 0 Å². The Hall–Kier alpha value is -3.48. The Balaban J connectivity index is 0.00000174. The molecule has 0 aromatic heterocycles. The molecule has 52 heavy (non-hydrogen) atoms. The van der Waals surface area contributed by atoms with Crippen molar-refractivity contribution in [3.8, 4) is 0 Å². The average molecular weight is 724 g/mol. The minimum atomic E-state index is -4.51. The molecule has 0 saturated heterocycles. The van der Waals surface area contributed by atoms with Gasteiger partial charge in [-0.1, -0.05) is 118 Å². The van der Waals surface area contributed by atoms with Gasteiger partial charge in [-0.2, -0.15) is 13.2 Å². The average Bonchev–Trinajstić information content (AvgIpc) is 3.96. The Bertz CT molecular complexity index is 1480. The van der Waals surface area contributed by atoms with Crippen LogP contribution in [0.4, 0.5) is 13.2 Å². The van der Waals surface area contributed by atoms with Crippen molar-refractivity contribution in [1.82, 2.24) is 0 Å². The van der Waals surface area contributed by atoms with Crippen molar-refractivity contribution < 1.29 is 17.9 Å². The van der Waals surface area contributed by atoms with Gasteiger partial charge < -0.3 is 4.74 Å². The molecule has 1 atom stereocenters. The first-order chi connectivity index (χ1) is 24.7. The molecule has 0 amide bonds. The molecule has 0 spiro atoms. The third kappa shape index (κ3) is 15.6. The van der Waals surface area contributed by atoms with E-state index in [9.17, 15) is 13.2 Å². The third-order valence-electron chi connectivity index (χ3n) is 9.34. The van der Waals surface area contributed by atoms with Crippen molar-refractivity contribution in [1.29, 1.82) is 0 Å². The van der Waals surface area contributed by atoms with E-state index in [4.69, 9.17) is 14.7 Å². The van der Waals surface area contributed by atoms with Gasteiger partial charge in [0.1, 0.15) is 18.1 Å². The summed E-state index contributed by atoms with van der Waals surface area (Å²) in [6.07, 6.45) is 11.5. The van der Waals surface area contributed by atoms with Crippen molar-refractivity contribution in [3.63, 3.8) is 0 Å². The lowest BCUT2D eigenvalue weighted by molar-refractivity contribution is -0.0924. The zero-order chi connectivity index (χ0) is 39.4. The summed E-state index contributed by atoms with van der Waals surface area (Å²) >= 11 is 0. The number of aryl methyl sites for hydroxylation is 1. The molecule has 0 radical (unpaired) electrons. The van der Waals surface area contributed by atoms with E-state index in [1.54, 1.807) is 6.20 Å². The summed E-state index contributed by atoms with van der Waals surface area (Å²) in [5.74, 6) is 1.93. The smallest absolute Gasteiger partial charge is 0.433 e. The van der Waals surface area contributed by atoms with Crippen LogP contribution in [-0.2, 0) is 11.3 Å². The minimum absolute atomic E-state index is 0.141. The summed E-state index contributed by atoms with van der Waals surface area (Å²) in [5.41, 5.74) is 6.90. The predicted octanol–water partition coefficient (Wildman–Crippen LogP) is 14.4. The molecule has 2 saturated carbocycles. The van der Waals surface area contributed by atoms with Gasteiger partial charge in [-0.15, -0.1) is 0 Å². The number of hydrogen-bond donors (Lipinski definition) is 0. The van der Waals surface area contributed by atoms with Crippen molar-refractivity contribution in [2.45, 2.75) is 153 Å². The van der Waals surface area contributed by atoms with Crippen LogP contribution in [0.3, 0.4) is 0 Å². The van der Waals surface area contributed by atoms with Gasteiger partial charge in [0.2, 0.25) is 0 Å². The Kier molecular flexibility index (Phi) is 21.4. The Morgan fingerprint density at radius 1 is 1.04 bits per heavy atom.